The number of nitrogens with one attached hydrogen (secondary N) is 1. The summed E-state index contributed by atoms with van der Waals surface area (Å²) >= 11 is 12.7. The highest BCUT2D eigenvalue weighted by Gasteiger charge is 2.48. The van der Waals surface area contributed by atoms with Gasteiger partial charge in [-0.15, -0.1) is 0 Å². The standard InChI is InChI=1S/C35H42Cl2N4O5S/c1-22-7-6-15-35(43,32-19-38-34(37)40(32)3)29-13-10-26(29)20-41-16-5-4-8-24-17-28(36)12-9-27(24)21-46-31-14-11-25(18-30(31)41)33(42)39-47(44,45)23(22)2/h6,9,11-12,14-15,17-19,22-23,26,29,43H,4-5,7-8,10,13,16,20-21H2,1-3H3,(H,39,42)/b15-6+/t22-,23+,26-,29+,35+/m0/s1. The normalized spacial score (nSPS) is 28.8. The van der Waals surface area contributed by atoms with Crippen molar-refractivity contribution in [2.75, 3.05) is 18.0 Å². The molecule has 2 bridgehead atoms. The number of anilines is 1. The second kappa shape index (κ2) is 13.5. The summed E-state index contributed by atoms with van der Waals surface area (Å²) in [7, 11) is -2.22. The van der Waals surface area contributed by atoms with Gasteiger partial charge in [-0.1, -0.05) is 36.7 Å². The maximum Gasteiger partial charge on any atom is 0.264 e. The van der Waals surface area contributed by atoms with Crippen molar-refractivity contribution in [3.63, 3.8) is 0 Å². The van der Waals surface area contributed by atoms with Gasteiger partial charge in [-0.3, -0.25) is 4.79 Å². The number of nitrogens with zero attached hydrogens (tertiary/aromatic N) is 3. The number of ether oxygens (including phenoxy) is 1. The van der Waals surface area contributed by atoms with E-state index in [2.05, 4.69) is 14.6 Å². The van der Waals surface area contributed by atoms with Crippen LogP contribution >= 0.6 is 23.2 Å². The lowest BCUT2D eigenvalue weighted by Gasteiger charge is -2.48. The Labute approximate surface area is 287 Å². The summed E-state index contributed by atoms with van der Waals surface area (Å²) in [5, 5.41) is 12.6. The molecule has 3 aliphatic rings. The van der Waals surface area contributed by atoms with E-state index in [1.54, 1.807) is 49.0 Å². The fraction of sp³-hybridized carbons (Fsp3) is 0.486. The molecule has 0 unspecified atom stereocenters. The van der Waals surface area contributed by atoms with E-state index in [-0.39, 0.29) is 28.6 Å². The second-order valence-electron chi connectivity index (χ2n) is 13.3. The van der Waals surface area contributed by atoms with E-state index in [0.29, 0.717) is 48.3 Å². The Balaban J connectivity index is 1.44. The lowest BCUT2D eigenvalue weighted by atomic mass is 9.63. The fourth-order valence-corrected chi connectivity index (χ4v) is 8.75. The Morgan fingerprint density at radius 1 is 1.09 bits per heavy atom. The monoisotopic (exact) mass is 700 g/mol. The minimum Gasteiger partial charge on any atom is -0.487 e. The molecule has 5 atom stereocenters. The third kappa shape index (κ3) is 6.80. The Hall–Kier alpha value is -3.05. The highest BCUT2D eigenvalue weighted by atomic mass is 35.5. The zero-order valence-corrected chi connectivity index (χ0v) is 29.3. The molecule has 47 heavy (non-hydrogen) atoms. The molecule has 3 heterocycles. The van der Waals surface area contributed by atoms with E-state index in [1.165, 1.54) is 0 Å². The van der Waals surface area contributed by atoms with Crippen molar-refractivity contribution in [3.05, 3.63) is 87.4 Å². The number of halogens is 2. The van der Waals surface area contributed by atoms with Gasteiger partial charge in [-0.2, -0.15) is 0 Å². The molecule has 2 N–H and O–H groups in total. The van der Waals surface area contributed by atoms with Crippen molar-refractivity contribution < 1.29 is 23.1 Å². The Bertz CT molecular complexity index is 1790. The van der Waals surface area contributed by atoms with Crippen molar-refractivity contribution in [3.8, 4) is 5.75 Å². The summed E-state index contributed by atoms with van der Waals surface area (Å²) in [5.41, 5.74) is 2.37. The Morgan fingerprint density at radius 3 is 2.62 bits per heavy atom. The van der Waals surface area contributed by atoms with Crippen molar-refractivity contribution in [2.45, 2.75) is 69.8 Å². The predicted octanol–water partition coefficient (Wildman–Crippen LogP) is 6.41. The number of amides is 1. The van der Waals surface area contributed by atoms with Crippen molar-refractivity contribution in [2.24, 2.45) is 24.8 Å². The molecule has 252 valence electrons. The van der Waals surface area contributed by atoms with E-state index >= 15 is 0 Å². The van der Waals surface area contributed by atoms with Gasteiger partial charge in [0.15, 0.2) is 0 Å². The molecule has 9 nitrogen and oxygen atoms in total. The first-order valence-electron chi connectivity index (χ1n) is 16.3. The van der Waals surface area contributed by atoms with E-state index in [9.17, 15) is 18.3 Å². The van der Waals surface area contributed by atoms with E-state index in [1.807, 2.05) is 31.2 Å². The number of aromatic nitrogens is 2. The van der Waals surface area contributed by atoms with Gasteiger partial charge in [0.05, 0.1) is 22.8 Å². The number of imidazole rings is 1. The minimum atomic E-state index is -4.01. The fourth-order valence-electron chi connectivity index (χ4n) is 7.13. The third-order valence-electron chi connectivity index (χ3n) is 10.4. The smallest absolute Gasteiger partial charge is 0.264 e. The summed E-state index contributed by atoms with van der Waals surface area (Å²) in [4.78, 5) is 20.0. The molecular weight excluding hydrogens is 659 g/mol. The average molecular weight is 702 g/mol. The number of rotatable bonds is 1. The maximum atomic E-state index is 13.5. The first-order valence-corrected chi connectivity index (χ1v) is 18.6. The van der Waals surface area contributed by atoms with Crippen molar-refractivity contribution in [1.29, 1.82) is 0 Å². The molecule has 2 aromatic carbocycles. The summed E-state index contributed by atoms with van der Waals surface area (Å²) in [5.74, 6) is -0.452. The number of benzene rings is 2. The van der Waals surface area contributed by atoms with Gasteiger partial charge in [-0.25, -0.2) is 18.1 Å². The van der Waals surface area contributed by atoms with E-state index < -0.39 is 26.8 Å². The molecule has 0 spiro atoms. The number of fused-ring (bicyclic) bond motifs is 3. The van der Waals surface area contributed by atoms with Crippen LogP contribution in [0.3, 0.4) is 0 Å². The topological polar surface area (TPSA) is 114 Å². The maximum absolute atomic E-state index is 13.5. The third-order valence-corrected chi connectivity index (χ3v) is 12.9. The SMILES string of the molecule is C[C@@H]1[C@@H](C)C/C=C/[C@](O)(c2cnc(Cl)n2C)[C@@H]2CC[C@H]2CN2CCCCc3cc(Cl)ccc3COc3ccc(cc32)C(=O)NS1(=O)=O. The molecule has 1 aliphatic carbocycles. The number of carbonyl (C=O) groups is 1. The Morgan fingerprint density at radius 2 is 1.89 bits per heavy atom. The first-order chi connectivity index (χ1) is 22.4. The van der Waals surface area contributed by atoms with Gasteiger partial charge < -0.3 is 19.3 Å². The molecule has 6 rings (SSSR count). The number of carbonyl (C=O) groups excluding carboxylic acids is 1. The zero-order chi connectivity index (χ0) is 33.5. The van der Waals surface area contributed by atoms with Crippen LogP contribution in [0.5, 0.6) is 5.75 Å². The number of allylic oxidation sites excluding steroid dienone is 1. The minimum absolute atomic E-state index is 0.106. The number of hydrogen-bond acceptors (Lipinski definition) is 7. The van der Waals surface area contributed by atoms with E-state index in [4.69, 9.17) is 27.9 Å². The van der Waals surface area contributed by atoms with Crippen molar-refractivity contribution in [1.82, 2.24) is 14.3 Å². The van der Waals surface area contributed by atoms with Crippen LogP contribution in [0.25, 0.3) is 0 Å². The molecule has 2 aliphatic heterocycles. The number of aliphatic hydroxyl groups is 1. The van der Waals surface area contributed by atoms with Gasteiger partial charge >= 0.3 is 0 Å². The molecule has 1 aromatic heterocycles. The van der Waals surface area contributed by atoms with Crippen LogP contribution in [0, 0.1) is 17.8 Å². The second-order valence-corrected chi connectivity index (χ2v) is 16.1. The summed E-state index contributed by atoms with van der Waals surface area (Å²) in [6.45, 7) is 5.04. The number of hydrogen-bond donors (Lipinski definition) is 2. The molecule has 0 radical (unpaired) electrons. The molecule has 0 saturated heterocycles. The predicted molar refractivity (Wildman–Crippen MR) is 184 cm³/mol. The molecule has 1 saturated carbocycles. The molecular formula is C35H42Cl2N4O5S. The summed E-state index contributed by atoms with van der Waals surface area (Å²) < 4.78 is 37.3. The zero-order valence-electron chi connectivity index (χ0n) is 27.0. The van der Waals surface area contributed by atoms with Gasteiger partial charge in [0.25, 0.3) is 5.91 Å². The molecule has 12 heteroatoms. The van der Waals surface area contributed by atoms with Crippen LogP contribution in [0.15, 0.2) is 54.7 Å². The Kier molecular flexibility index (Phi) is 9.69. The molecule has 1 amide bonds. The van der Waals surface area contributed by atoms with Gasteiger partial charge in [0, 0.05) is 36.6 Å². The van der Waals surface area contributed by atoms with Crippen LogP contribution in [0.1, 0.15) is 73.1 Å². The van der Waals surface area contributed by atoms with Crippen LogP contribution in [-0.2, 0) is 35.7 Å². The highest BCUT2D eigenvalue weighted by Crippen LogP contribution is 2.49. The van der Waals surface area contributed by atoms with Crippen LogP contribution in [0.4, 0.5) is 5.69 Å². The first kappa shape index (κ1) is 33.8. The van der Waals surface area contributed by atoms with E-state index in [0.717, 1.165) is 43.2 Å². The molecule has 3 aromatic rings. The summed E-state index contributed by atoms with van der Waals surface area (Å²) in [6.07, 6.45) is 10.00. The van der Waals surface area contributed by atoms with Gasteiger partial charge in [0.2, 0.25) is 15.3 Å². The molecule has 1 fully saturated rings. The number of aryl methyl sites for hydroxylation is 1. The number of sulfonamides is 1. The summed E-state index contributed by atoms with van der Waals surface area (Å²) in [6, 6.07) is 11.0. The lowest BCUT2D eigenvalue weighted by molar-refractivity contribution is -0.0545. The van der Waals surface area contributed by atoms with Gasteiger partial charge in [0.1, 0.15) is 18.0 Å². The van der Waals surface area contributed by atoms with Crippen LogP contribution in [-0.4, -0.2) is 47.3 Å². The van der Waals surface area contributed by atoms with Gasteiger partial charge in [-0.05, 0) is 110 Å². The largest absolute Gasteiger partial charge is 0.487 e. The lowest BCUT2D eigenvalue weighted by Crippen LogP contribution is -2.49. The quantitative estimate of drug-likeness (QED) is 0.282. The highest BCUT2D eigenvalue weighted by molar-refractivity contribution is 7.90. The average Bonchev–Trinajstić information content (AvgIpc) is 3.35. The van der Waals surface area contributed by atoms with Crippen LogP contribution in [0.2, 0.25) is 10.3 Å². The van der Waals surface area contributed by atoms with Crippen molar-refractivity contribution >= 4 is 44.8 Å². The van der Waals surface area contributed by atoms with Crippen LogP contribution < -0.4 is 14.4 Å².